The number of amides is 3. The number of hydrogen-bond acceptors (Lipinski definition) is 6. The number of carbonyl (C=O) groups excluding carboxylic acids is 3. The standard InChI is InChI=1S/C27H21ClFIN2O5S/c1-2-36-22-12-16(11-20(30)25(22)37-15-17-7-3-5-9-19(17)29)13-23-26(34)32(27(35)38-23)14-24(33)31-21-10-6-4-8-18(21)28/h3-13H,2,14-15H2,1H3,(H,31,33)/b23-13+. The maximum Gasteiger partial charge on any atom is 0.294 e. The predicted octanol–water partition coefficient (Wildman–Crippen LogP) is 6.74. The van der Waals surface area contributed by atoms with Gasteiger partial charge in [-0.2, -0.15) is 0 Å². The van der Waals surface area contributed by atoms with Crippen LogP contribution >= 0.6 is 46.0 Å². The third-order valence-corrected chi connectivity index (χ3v) is 7.32. The molecule has 1 N–H and O–H groups in total. The van der Waals surface area contributed by atoms with Crippen LogP contribution in [0.25, 0.3) is 6.08 Å². The molecular weight excluding hydrogens is 646 g/mol. The van der Waals surface area contributed by atoms with E-state index in [0.717, 1.165) is 16.7 Å². The van der Waals surface area contributed by atoms with Gasteiger partial charge in [0.05, 0.1) is 25.8 Å². The van der Waals surface area contributed by atoms with Gasteiger partial charge < -0.3 is 14.8 Å². The van der Waals surface area contributed by atoms with Crippen molar-refractivity contribution in [2.24, 2.45) is 0 Å². The average molecular weight is 667 g/mol. The van der Waals surface area contributed by atoms with Crippen molar-refractivity contribution in [2.45, 2.75) is 13.5 Å². The summed E-state index contributed by atoms with van der Waals surface area (Å²) < 4.78 is 26.3. The van der Waals surface area contributed by atoms with Crippen LogP contribution in [-0.4, -0.2) is 35.1 Å². The van der Waals surface area contributed by atoms with Crippen LogP contribution in [0, 0.1) is 9.39 Å². The van der Waals surface area contributed by atoms with Crippen LogP contribution in [0.4, 0.5) is 14.9 Å². The lowest BCUT2D eigenvalue weighted by Crippen LogP contribution is -2.36. The molecule has 3 aromatic carbocycles. The first-order chi connectivity index (χ1) is 18.3. The predicted molar refractivity (Wildman–Crippen MR) is 154 cm³/mol. The van der Waals surface area contributed by atoms with Crippen molar-refractivity contribution < 1.29 is 28.2 Å². The number of nitrogens with one attached hydrogen (secondary N) is 1. The largest absolute Gasteiger partial charge is 0.490 e. The van der Waals surface area contributed by atoms with Gasteiger partial charge >= 0.3 is 0 Å². The highest BCUT2D eigenvalue weighted by molar-refractivity contribution is 14.1. The normalized spacial score (nSPS) is 14.2. The quantitative estimate of drug-likeness (QED) is 0.201. The lowest BCUT2D eigenvalue weighted by molar-refractivity contribution is -0.127. The molecule has 0 bridgehead atoms. The number of nitrogens with zero attached hydrogens (tertiary/aromatic N) is 1. The number of anilines is 1. The Kier molecular flexibility index (Phi) is 9.29. The minimum absolute atomic E-state index is 0.0112. The molecule has 0 spiro atoms. The third kappa shape index (κ3) is 6.66. The molecule has 1 aliphatic rings. The Balaban J connectivity index is 1.50. The van der Waals surface area contributed by atoms with Gasteiger partial charge in [-0.15, -0.1) is 0 Å². The highest BCUT2D eigenvalue weighted by atomic mass is 127. The molecule has 11 heteroatoms. The molecule has 0 aliphatic carbocycles. The van der Waals surface area contributed by atoms with Gasteiger partial charge in [-0.25, -0.2) is 4.39 Å². The van der Waals surface area contributed by atoms with Crippen LogP contribution < -0.4 is 14.8 Å². The third-order valence-electron chi connectivity index (χ3n) is 5.28. The molecule has 3 amide bonds. The van der Waals surface area contributed by atoms with E-state index >= 15 is 0 Å². The molecule has 1 saturated heterocycles. The molecule has 0 aromatic heterocycles. The van der Waals surface area contributed by atoms with E-state index in [1.807, 2.05) is 6.92 Å². The Morgan fingerprint density at radius 3 is 2.61 bits per heavy atom. The Labute approximate surface area is 241 Å². The number of imide groups is 1. The second-order valence-electron chi connectivity index (χ2n) is 7.94. The average Bonchev–Trinajstić information content (AvgIpc) is 3.13. The monoisotopic (exact) mass is 666 g/mol. The molecule has 0 saturated carbocycles. The van der Waals surface area contributed by atoms with E-state index in [4.69, 9.17) is 21.1 Å². The summed E-state index contributed by atoms with van der Waals surface area (Å²) in [5.74, 6) is -0.640. The summed E-state index contributed by atoms with van der Waals surface area (Å²) in [6.45, 7) is 1.74. The van der Waals surface area contributed by atoms with Crippen molar-refractivity contribution in [3.63, 3.8) is 0 Å². The Morgan fingerprint density at radius 2 is 1.87 bits per heavy atom. The van der Waals surface area contributed by atoms with Gasteiger partial charge in [0.1, 0.15) is 19.0 Å². The fourth-order valence-corrected chi connectivity index (χ4v) is 5.33. The van der Waals surface area contributed by atoms with Crippen molar-refractivity contribution in [1.82, 2.24) is 4.90 Å². The Morgan fingerprint density at radius 1 is 1.13 bits per heavy atom. The van der Waals surface area contributed by atoms with Crippen LogP contribution in [0.15, 0.2) is 65.6 Å². The Bertz CT molecular complexity index is 1430. The topological polar surface area (TPSA) is 84.9 Å². The number of hydrogen-bond donors (Lipinski definition) is 1. The highest BCUT2D eigenvalue weighted by Gasteiger charge is 2.36. The lowest BCUT2D eigenvalue weighted by atomic mass is 10.1. The number of para-hydroxylation sites is 1. The molecule has 3 aromatic rings. The van der Waals surface area contributed by atoms with Crippen LogP contribution in [0.5, 0.6) is 11.5 Å². The van der Waals surface area contributed by atoms with Crippen molar-refractivity contribution in [2.75, 3.05) is 18.5 Å². The van der Waals surface area contributed by atoms with E-state index in [1.165, 1.54) is 6.07 Å². The fraction of sp³-hybridized carbons (Fsp3) is 0.148. The summed E-state index contributed by atoms with van der Waals surface area (Å²) in [6, 6.07) is 16.5. The van der Waals surface area contributed by atoms with Crippen LogP contribution in [0.2, 0.25) is 5.02 Å². The number of benzene rings is 3. The minimum atomic E-state index is -0.581. The zero-order valence-corrected chi connectivity index (χ0v) is 23.7. The molecule has 38 heavy (non-hydrogen) atoms. The molecule has 4 rings (SSSR count). The first-order valence-electron chi connectivity index (χ1n) is 11.4. The lowest BCUT2D eigenvalue weighted by Gasteiger charge is -2.15. The van der Waals surface area contributed by atoms with Crippen molar-refractivity contribution in [3.8, 4) is 11.5 Å². The maximum absolute atomic E-state index is 14.0. The van der Waals surface area contributed by atoms with Gasteiger partial charge in [0.2, 0.25) is 5.91 Å². The molecule has 1 heterocycles. The van der Waals surface area contributed by atoms with Gasteiger partial charge in [-0.1, -0.05) is 41.9 Å². The second kappa shape index (κ2) is 12.6. The smallest absolute Gasteiger partial charge is 0.294 e. The number of rotatable bonds is 9. The van der Waals surface area contributed by atoms with E-state index in [1.54, 1.807) is 60.7 Å². The summed E-state index contributed by atoms with van der Waals surface area (Å²) in [7, 11) is 0. The molecular formula is C27H21ClFIN2O5S. The van der Waals surface area contributed by atoms with Gasteiger partial charge in [-0.3, -0.25) is 19.3 Å². The molecule has 1 fully saturated rings. The van der Waals surface area contributed by atoms with Crippen molar-refractivity contribution >= 4 is 74.8 Å². The van der Waals surface area contributed by atoms with E-state index < -0.39 is 23.6 Å². The number of thioether (sulfide) groups is 1. The van der Waals surface area contributed by atoms with E-state index in [2.05, 4.69) is 27.9 Å². The van der Waals surface area contributed by atoms with E-state index in [0.29, 0.717) is 43.5 Å². The zero-order chi connectivity index (χ0) is 27.2. The minimum Gasteiger partial charge on any atom is -0.490 e. The summed E-state index contributed by atoms with van der Waals surface area (Å²) in [6.07, 6.45) is 1.56. The molecule has 1 aliphatic heterocycles. The van der Waals surface area contributed by atoms with Crippen LogP contribution in [-0.2, 0) is 16.2 Å². The number of carbonyl (C=O) groups is 3. The molecule has 0 radical (unpaired) electrons. The molecule has 0 unspecified atom stereocenters. The summed E-state index contributed by atoms with van der Waals surface area (Å²) in [4.78, 5) is 39.0. The van der Waals surface area contributed by atoms with E-state index in [-0.39, 0.29) is 17.3 Å². The molecule has 0 atom stereocenters. The zero-order valence-electron chi connectivity index (χ0n) is 20.0. The Hall–Kier alpha value is -3.09. The van der Waals surface area contributed by atoms with Crippen LogP contribution in [0.3, 0.4) is 0 Å². The summed E-state index contributed by atoms with van der Waals surface area (Å²) in [5, 5.41) is 2.39. The fourth-order valence-electron chi connectivity index (χ4n) is 3.52. The summed E-state index contributed by atoms with van der Waals surface area (Å²) in [5.41, 5.74) is 1.39. The van der Waals surface area contributed by atoms with Crippen molar-refractivity contribution in [3.05, 3.63) is 91.1 Å². The van der Waals surface area contributed by atoms with Crippen molar-refractivity contribution in [1.29, 1.82) is 0 Å². The summed E-state index contributed by atoms with van der Waals surface area (Å²) >= 11 is 8.87. The van der Waals surface area contributed by atoms with Gasteiger partial charge in [0, 0.05) is 5.56 Å². The van der Waals surface area contributed by atoms with E-state index in [9.17, 15) is 18.8 Å². The van der Waals surface area contributed by atoms with Gasteiger partial charge in [0.25, 0.3) is 11.1 Å². The highest BCUT2D eigenvalue weighted by Crippen LogP contribution is 2.38. The molecule has 7 nitrogen and oxygen atoms in total. The first kappa shape index (κ1) is 27.9. The second-order valence-corrected chi connectivity index (χ2v) is 10.5. The number of halogens is 3. The van der Waals surface area contributed by atoms with Gasteiger partial charge in [0.15, 0.2) is 11.5 Å². The number of ether oxygens (including phenoxy) is 2. The molecule has 196 valence electrons. The SMILES string of the molecule is CCOc1cc(/C=C2/SC(=O)N(CC(=O)Nc3ccccc3Cl)C2=O)cc(I)c1OCc1ccccc1F. The van der Waals surface area contributed by atoms with Crippen LogP contribution in [0.1, 0.15) is 18.1 Å². The first-order valence-corrected chi connectivity index (χ1v) is 13.7. The maximum atomic E-state index is 14.0. The van der Waals surface area contributed by atoms with Gasteiger partial charge in [-0.05, 0) is 83.2 Å².